The molecule has 0 aliphatic carbocycles. The first-order chi connectivity index (χ1) is 10.1. The predicted octanol–water partition coefficient (Wildman–Crippen LogP) is 0.894. The molecule has 0 saturated carbocycles. The Labute approximate surface area is 130 Å². The van der Waals surface area contributed by atoms with E-state index in [1.165, 1.54) is 6.07 Å². The summed E-state index contributed by atoms with van der Waals surface area (Å²) in [7, 11) is -8.76. The number of nitrogens with one attached hydrogen (secondary N) is 1. The molecule has 3 N–H and O–H groups in total. The number of fused-ring (bicyclic) bond motifs is 1. The molecule has 0 radical (unpaired) electrons. The fourth-order valence-corrected chi connectivity index (χ4v) is 4.34. The van der Waals surface area contributed by atoms with E-state index in [0.717, 1.165) is 18.2 Å². The van der Waals surface area contributed by atoms with Crippen molar-refractivity contribution < 1.29 is 22.8 Å². The minimum absolute atomic E-state index is 0.151. The Morgan fingerprint density at radius 3 is 2.50 bits per heavy atom. The number of sulfonamides is 1. The molecule has 1 aromatic carbocycles. The lowest BCUT2D eigenvalue weighted by Crippen LogP contribution is -2.24. The van der Waals surface area contributed by atoms with Crippen molar-refractivity contribution in [1.82, 2.24) is 9.06 Å². The summed E-state index contributed by atoms with van der Waals surface area (Å²) < 4.78 is 38.0. The fraction of sp³-hybridized carbons (Fsp3) is 0.182. The number of halogens is 1. The topological polar surface area (TPSA) is 126 Å². The van der Waals surface area contributed by atoms with Crippen molar-refractivity contribution >= 4 is 40.3 Å². The van der Waals surface area contributed by atoms with Crippen molar-refractivity contribution in [2.24, 2.45) is 0 Å². The molecule has 0 bridgehead atoms. The van der Waals surface area contributed by atoms with Crippen molar-refractivity contribution in [3.8, 4) is 0 Å². The Balaban J connectivity index is 2.87. The standard InChI is InChI=1S/C11H12ClN2O6PS/c1-2-13-22(19,20)10-5-7-3-4-11(15)14(21(16,17)18)9(7)6-8(10)12/h3-6,13H,2H2,1H3,(H2,16,17,18). The highest BCUT2D eigenvalue weighted by Crippen LogP contribution is 2.39. The predicted molar refractivity (Wildman–Crippen MR) is 81.5 cm³/mol. The van der Waals surface area contributed by atoms with Crippen LogP contribution in [0, 0.1) is 0 Å². The fourth-order valence-electron chi connectivity index (χ4n) is 1.97. The molecular weight excluding hydrogens is 355 g/mol. The van der Waals surface area contributed by atoms with Crippen molar-refractivity contribution in [2.75, 3.05) is 6.54 Å². The zero-order chi connectivity index (χ0) is 16.7. The summed E-state index contributed by atoms with van der Waals surface area (Å²) >= 11 is 5.91. The van der Waals surface area contributed by atoms with E-state index in [1.807, 2.05) is 0 Å². The van der Waals surface area contributed by atoms with E-state index < -0.39 is 23.3 Å². The molecule has 2 rings (SSSR count). The quantitative estimate of drug-likeness (QED) is 0.690. The van der Waals surface area contributed by atoms with Gasteiger partial charge in [0.25, 0.3) is 5.56 Å². The van der Waals surface area contributed by atoms with Gasteiger partial charge in [-0.25, -0.2) is 22.0 Å². The van der Waals surface area contributed by atoms with Crippen LogP contribution in [0.25, 0.3) is 10.9 Å². The van der Waals surface area contributed by atoms with E-state index in [0.29, 0.717) is 0 Å². The summed E-state index contributed by atoms with van der Waals surface area (Å²) in [5.41, 5.74) is -1.07. The summed E-state index contributed by atoms with van der Waals surface area (Å²) in [6, 6.07) is 4.41. The first kappa shape index (κ1) is 17.1. The summed E-state index contributed by atoms with van der Waals surface area (Å²) in [5.74, 6) is 0. The average Bonchev–Trinajstić information content (AvgIpc) is 2.35. The van der Waals surface area contributed by atoms with Gasteiger partial charge in [0, 0.05) is 18.0 Å². The molecule has 1 aromatic heterocycles. The van der Waals surface area contributed by atoms with Gasteiger partial charge in [0.15, 0.2) is 0 Å². The van der Waals surface area contributed by atoms with Crippen molar-refractivity contribution in [2.45, 2.75) is 11.8 Å². The second-order valence-electron chi connectivity index (χ2n) is 4.34. The number of rotatable bonds is 4. The van der Waals surface area contributed by atoms with E-state index >= 15 is 0 Å². The third kappa shape index (κ3) is 3.10. The van der Waals surface area contributed by atoms with Gasteiger partial charge in [-0.1, -0.05) is 18.5 Å². The first-order valence-electron chi connectivity index (χ1n) is 5.99. The lowest BCUT2D eigenvalue weighted by molar-refractivity contribution is 0.361. The molecule has 0 atom stereocenters. The molecule has 0 amide bonds. The van der Waals surface area contributed by atoms with E-state index in [-0.39, 0.29) is 31.7 Å². The maximum Gasteiger partial charge on any atom is 0.437 e. The van der Waals surface area contributed by atoms with E-state index in [9.17, 15) is 27.6 Å². The van der Waals surface area contributed by atoms with Crippen LogP contribution in [0.1, 0.15) is 6.92 Å². The van der Waals surface area contributed by atoms with Crippen molar-refractivity contribution in [3.63, 3.8) is 0 Å². The lowest BCUT2D eigenvalue weighted by Gasteiger charge is -2.13. The van der Waals surface area contributed by atoms with Crippen LogP contribution in [0.5, 0.6) is 0 Å². The second-order valence-corrected chi connectivity index (χ2v) is 7.91. The molecule has 1 heterocycles. The minimum Gasteiger partial charge on any atom is -0.308 e. The van der Waals surface area contributed by atoms with Gasteiger partial charge in [-0.3, -0.25) is 4.79 Å². The number of pyridine rings is 1. The highest BCUT2D eigenvalue weighted by molar-refractivity contribution is 7.89. The van der Waals surface area contributed by atoms with Crippen molar-refractivity contribution in [3.05, 3.63) is 39.6 Å². The maximum atomic E-state index is 12.0. The van der Waals surface area contributed by atoms with Crippen LogP contribution in [-0.4, -0.2) is 29.1 Å². The Morgan fingerprint density at radius 2 is 1.95 bits per heavy atom. The zero-order valence-corrected chi connectivity index (χ0v) is 13.7. The van der Waals surface area contributed by atoms with Crippen LogP contribution >= 0.6 is 19.3 Å². The third-order valence-electron chi connectivity index (χ3n) is 2.81. The summed E-state index contributed by atoms with van der Waals surface area (Å²) in [5, 5.41) is -0.0925. The van der Waals surface area contributed by atoms with E-state index in [4.69, 9.17) is 11.6 Å². The SMILES string of the molecule is CCNS(=O)(=O)c1cc2ccc(=O)n(P(=O)(O)O)c2cc1Cl. The smallest absolute Gasteiger partial charge is 0.308 e. The third-order valence-corrected chi connectivity index (χ3v) is 5.75. The van der Waals surface area contributed by atoms with Gasteiger partial charge in [0.05, 0.1) is 10.5 Å². The van der Waals surface area contributed by atoms with Gasteiger partial charge in [0.2, 0.25) is 10.0 Å². The summed E-state index contributed by atoms with van der Waals surface area (Å²) in [6.07, 6.45) is 0. The van der Waals surface area contributed by atoms with Gasteiger partial charge in [0.1, 0.15) is 4.90 Å². The summed E-state index contributed by atoms with van der Waals surface area (Å²) in [6.45, 7) is 1.75. The molecule has 8 nitrogen and oxygen atoms in total. The van der Waals surface area contributed by atoms with Crippen molar-refractivity contribution in [1.29, 1.82) is 0 Å². The lowest BCUT2D eigenvalue weighted by atomic mass is 10.2. The average molecular weight is 367 g/mol. The molecule has 0 saturated heterocycles. The Hall–Kier alpha value is -1.22. The molecule has 2 aromatic rings. The largest absolute Gasteiger partial charge is 0.437 e. The van der Waals surface area contributed by atoms with Crippen LogP contribution in [0.15, 0.2) is 34.0 Å². The molecule has 11 heteroatoms. The highest BCUT2D eigenvalue weighted by atomic mass is 35.5. The number of aromatic nitrogens is 1. The van der Waals surface area contributed by atoms with Crippen LogP contribution in [0.2, 0.25) is 5.02 Å². The molecule has 0 fully saturated rings. The Morgan fingerprint density at radius 1 is 1.32 bits per heavy atom. The van der Waals surface area contributed by atoms with Gasteiger partial charge in [-0.15, -0.1) is 0 Å². The molecule has 120 valence electrons. The second kappa shape index (κ2) is 5.77. The number of benzene rings is 1. The number of hydrogen-bond acceptors (Lipinski definition) is 4. The van der Waals surface area contributed by atoms with Crippen LogP contribution in [0.4, 0.5) is 0 Å². The van der Waals surface area contributed by atoms with Crippen LogP contribution in [-0.2, 0) is 14.6 Å². The molecule has 0 spiro atoms. The zero-order valence-electron chi connectivity index (χ0n) is 11.2. The molecule has 0 unspecified atom stereocenters. The minimum atomic E-state index is -4.91. The monoisotopic (exact) mass is 366 g/mol. The van der Waals surface area contributed by atoms with Gasteiger partial charge in [-0.05, 0) is 18.2 Å². The highest BCUT2D eigenvalue weighted by Gasteiger charge is 2.24. The number of nitrogens with zero attached hydrogens (tertiary/aromatic N) is 1. The van der Waals surface area contributed by atoms with E-state index in [1.54, 1.807) is 6.92 Å². The van der Waals surface area contributed by atoms with Gasteiger partial charge >= 0.3 is 7.75 Å². The summed E-state index contributed by atoms with van der Waals surface area (Å²) in [4.78, 5) is 30.0. The Bertz CT molecular complexity index is 949. The molecule has 0 aliphatic rings. The van der Waals surface area contributed by atoms with Gasteiger partial charge < -0.3 is 9.79 Å². The normalized spacial score (nSPS) is 12.7. The van der Waals surface area contributed by atoms with Gasteiger partial charge in [-0.2, -0.15) is 0 Å². The Kier molecular flexibility index (Phi) is 4.49. The number of hydrogen-bond donors (Lipinski definition) is 3. The van der Waals surface area contributed by atoms with Crippen LogP contribution in [0.3, 0.4) is 0 Å². The molecular formula is C11H12ClN2O6PS. The maximum absolute atomic E-state index is 12.0. The molecule has 22 heavy (non-hydrogen) atoms. The molecule has 0 aliphatic heterocycles. The van der Waals surface area contributed by atoms with Crippen LogP contribution < -0.4 is 10.3 Å². The van der Waals surface area contributed by atoms with E-state index in [2.05, 4.69) is 4.72 Å². The first-order valence-corrected chi connectivity index (χ1v) is 9.42.